The smallest absolute Gasteiger partial charge is 0.462 e. The van der Waals surface area contributed by atoms with Gasteiger partial charge in [-0.3, -0.25) is 18.6 Å². The number of rotatable bonds is 63. The number of ether oxygens (including phenoxy) is 2. The summed E-state index contributed by atoms with van der Waals surface area (Å²) in [5.74, 6) is -0.838. The highest BCUT2D eigenvalue weighted by atomic mass is 31.2. The third kappa shape index (κ3) is 68.9. The maximum atomic E-state index is 12.8. The summed E-state index contributed by atoms with van der Waals surface area (Å²) < 4.78 is 33.2. The van der Waals surface area contributed by atoms with Crippen LogP contribution in [0.1, 0.15) is 284 Å². The molecular formula is C75H126NO8P. The van der Waals surface area contributed by atoms with Gasteiger partial charge < -0.3 is 20.1 Å². The average Bonchev–Trinajstić information content (AvgIpc) is 3.53. The molecule has 0 aliphatic rings. The molecule has 484 valence electrons. The van der Waals surface area contributed by atoms with Crippen LogP contribution in [0.2, 0.25) is 0 Å². The Hall–Kier alpha value is -4.11. The number of allylic oxidation sites excluding steroid dienone is 24. The molecule has 0 spiro atoms. The number of phosphoric acid groups is 1. The van der Waals surface area contributed by atoms with E-state index in [0.29, 0.717) is 6.42 Å². The minimum absolute atomic E-state index is 0.0462. The molecule has 0 bridgehead atoms. The predicted octanol–water partition coefficient (Wildman–Crippen LogP) is 22.6. The van der Waals surface area contributed by atoms with Crippen molar-refractivity contribution in [2.75, 3.05) is 26.4 Å². The molecule has 9 nitrogen and oxygen atoms in total. The first-order valence-electron chi connectivity index (χ1n) is 34.3. The van der Waals surface area contributed by atoms with Gasteiger partial charge in [0.05, 0.1) is 13.2 Å². The van der Waals surface area contributed by atoms with Crippen molar-refractivity contribution in [2.45, 2.75) is 290 Å². The molecule has 0 aromatic carbocycles. The monoisotopic (exact) mass is 1200 g/mol. The van der Waals surface area contributed by atoms with Crippen LogP contribution < -0.4 is 5.73 Å². The van der Waals surface area contributed by atoms with Gasteiger partial charge in [0.25, 0.3) is 0 Å². The van der Waals surface area contributed by atoms with Crippen LogP contribution in [-0.2, 0) is 32.7 Å². The van der Waals surface area contributed by atoms with Crippen molar-refractivity contribution in [1.29, 1.82) is 0 Å². The van der Waals surface area contributed by atoms with E-state index in [1.165, 1.54) is 122 Å². The molecule has 0 amide bonds. The number of phosphoric ester groups is 1. The number of carbonyl (C=O) groups excluding carboxylic acids is 2. The molecule has 0 saturated heterocycles. The second-order valence-corrected chi connectivity index (χ2v) is 23.8. The number of esters is 2. The van der Waals surface area contributed by atoms with Crippen LogP contribution in [0.25, 0.3) is 0 Å². The molecule has 0 aromatic rings. The van der Waals surface area contributed by atoms with Crippen LogP contribution in [0.15, 0.2) is 146 Å². The van der Waals surface area contributed by atoms with Crippen LogP contribution in [0.3, 0.4) is 0 Å². The maximum Gasteiger partial charge on any atom is 0.472 e. The molecule has 3 N–H and O–H groups in total. The normalized spacial score (nSPS) is 13.9. The van der Waals surface area contributed by atoms with E-state index < -0.39 is 26.5 Å². The summed E-state index contributed by atoms with van der Waals surface area (Å²) in [6.07, 6.45) is 99.2. The zero-order valence-electron chi connectivity index (χ0n) is 54.3. The van der Waals surface area contributed by atoms with E-state index in [4.69, 9.17) is 24.3 Å². The van der Waals surface area contributed by atoms with Crippen LogP contribution in [0.4, 0.5) is 0 Å². The lowest BCUT2D eigenvalue weighted by molar-refractivity contribution is -0.161. The van der Waals surface area contributed by atoms with E-state index in [1.54, 1.807) is 0 Å². The van der Waals surface area contributed by atoms with E-state index in [-0.39, 0.29) is 38.6 Å². The summed E-state index contributed by atoms with van der Waals surface area (Å²) >= 11 is 0. The first kappa shape index (κ1) is 80.9. The van der Waals surface area contributed by atoms with Crippen LogP contribution in [0.5, 0.6) is 0 Å². The summed E-state index contributed by atoms with van der Waals surface area (Å²) in [4.78, 5) is 35.3. The van der Waals surface area contributed by atoms with E-state index >= 15 is 0 Å². The third-order valence-corrected chi connectivity index (χ3v) is 15.2. The van der Waals surface area contributed by atoms with Gasteiger partial charge in [0.2, 0.25) is 0 Å². The summed E-state index contributed by atoms with van der Waals surface area (Å²) in [7, 11) is -4.40. The van der Waals surface area contributed by atoms with Crippen LogP contribution in [-0.4, -0.2) is 49.3 Å². The highest BCUT2D eigenvalue weighted by Gasteiger charge is 2.26. The first-order valence-corrected chi connectivity index (χ1v) is 35.8. The van der Waals surface area contributed by atoms with Crippen molar-refractivity contribution in [1.82, 2.24) is 0 Å². The van der Waals surface area contributed by atoms with Crippen molar-refractivity contribution in [3.05, 3.63) is 146 Å². The molecule has 0 saturated carbocycles. The van der Waals surface area contributed by atoms with Gasteiger partial charge >= 0.3 is 19.8 Å². The van der Waals surface area contributed by atoms with Crippen molar-refractivity contribution < 1.29 is 37.6 Å². The first-order chi connectivity index (χ1) is 41.8. The van der Waals surface area contributed by atoms with Gasteiger partial charge in [-0.15, -0.1) is 0 Å². The summed E-state index contributed by atoms with van der Waals surface area (Å²) in [5, 5.41) is 0. The van der Waals surface area contributed by atoms with Crippen LogP contribution in [0, 0.1) is 0 Å². The second-order valence-electron chi connectivity index (χ2n) is 22.3. The summed E-state index contributed by atoms with van der Waals surface area (Å²) in [6.45, 7) is 3.62. The number of unbranched alkanes of at least 4 members (excludes halogenated alkanes) is 26. The topological polar surface area (TPSA) is 134 Å². The zero-order chi connectivity index (χ0) is 61.6. The predicted molar refractivity (Wildman–Crippen MR) is 367 cm³/mol. The molecule has 0 heterocycles. The van der Waals surface area contributed by atoms with Gasteiger partial charge in [0, 0.05) is 19.4 Å². The Bertz CT molecular complexity index is 1900. The van der Waals surface area contributed by atoms with E-state index in [0.717, 1.165) is 128 Å². The van der Waals surface area contributed by atoms with Gasteiger partial charge in [0.15, 0.2) is 6.10 Å². The lowest BCUT2D eigenvalue weighted by atomic mass is 10.0. The zero-order valence-corrected chi connectivity index (χ0v) is 55.2. The van der Waals surface area contributed by atoms with E-state index in [2.05, 4.69) is 160 Å². The lowest BCUT2D eigenvalue weighted by Gasteiger charge is -2.19. The number of hydrogen-bond acceptors (Lipinski definition) is 8. The lowest BCUT2D eigenvalue weighted by Crippen LogP contribution is -2.29. The Morgan fingerprint density at radius 3 is 0.965 bits per heavy atom. The van der Waals surface area contributed by atoms with Gasteiger partial charge in [0.1, 0.15) is 6.61 Å². The number of hydrogen-bond donors (Lipinski definition) is 2. The minimum Gasteiger partial charge on any atom is -0.462 e. The highest BCUT2D eigenvalue weighted by molar-refractivity contribution is 7.47. The molecule has 0 aliphatic carbocycles. The fourth-order valence-corrected chi connectivity index (χ4v) is 9.93. The Morgan fingerprint density at radius 1 is 0.365 bits per heavy atom. The molecule has 0 aromatic heterocycles. The van der Waals surface area contributed by atoms with Gasteiger partial charge in [-0.25, -0.2) is 4.57 Å². The molecular weight excluding hydrogens is 1070 g/mol. The SMILES string of the molecule is CC/C=C\C/C=C\C/C=C\C/C=C\C/C=C\C/C=C\C/C=C\C/C=C\C/C=C\CCCCCCCCCCCCCC(=O)OC(COC(=O)CCCCCCCCCCCC/C=C\C/C=C\C/C=C\CCCCCCC)COP(=O)(O)OCCN. The highest BCUT2D eigenvalue weighted by Crippen LogP contribution is 2.43. The van der Waals surface area contributed by atoms with Crippen molar-refractivity contribution >= 4 is 19.8 Å². The summed E-state index contributed by atoms with van der Waals surface area (Å²) in [5.41, 5.74) is 5.40. The molecule has 85 heavy (non-hydrogen) atoms. The molecule has 2 unspecified atom stereocenters. The molecule has 0 aliphatic heterocycles. The number of nitrogens with two attached hydrogens (primary N) is 1. The fraction of sp³-hybridized carbons (Fsp3) is 0.653. The third-order valence-electron chi connectivity index (χ3n) is 14.2. The molecule has 0 radical (unpaired) electrons. The molecule has 0 rings (SSSR count). The van der Waals surface area contributed by atoms with Crippen molar-refractivity contribution in [3.63, 3.8) is 0 Å². The fourth-order valence-electron chi connectivity index (χ4n) is 9.17. The Kier molecular flexibility index (Phi) is 65.7. The Morgan fingerprint density at radius 2 is 0.647 bits per heavy atom. The Labute approximate surface area is 522 Å². The largest absolute Gasteiger partial charge is 0.472 e. The van der Waals surface area contributed by atoms with Gasteiger partial charge in [-0.05, 0) is 122 Å². The van der Waals surface area contributed by atoms with Crippen molar-refractivity contribution in [3.8, 4) is 0 Å². The van der Waals surface area contributed by atoms with Gasteiger partial charge in [-0.2, -0.15) is 0 Å². The van der Waals surface area contributed by atoms with Gasteiger partial charge in [-0.1, -0.05) is 295 Å². The maximum absolute atomic E-state index is 12.8. The van der Waals surface area contributed by atoms with Crippen LogP contribution >= 0.6 is 7.82 Å². The van der Waals surface area contributed by atoms with E-state index in [9.17, 15) is 19.0 Å². The summed E-state index contributed by atoms with van der Waals surface area (Å²) in [6, 6.07) is 0. The quantitative estimate of drug-likeness (QED) is 0.0264. The molecule has 0 fully saturated rings. The van der Waals surface area contributed by atoms with Crippen molar-refractivity contribution in [2.24, 2.45) is 5.73 Å². The Balaban J connectivity index is 3.96. The molecule has 10 heteroatoms. The average molecular weight is 1200 g/mol. The molecule has 2 atom stereocenters. The number of carbonyl (C=O) groups is 2. The van der Waals surface area contributed by atoms with E-state index in [1.807, 2.05) is 0 Å². The minimum atomic E-state index is -4.40. The second kappa shape index (κ2) is 69.0. The standard InChI is InChI=1S/C75H126NO8P/c1-3-5-7-9-11-13-15-17-19-21-23-25-27-29-30-31-32-33-34-35-36-37-38-39-40-41-42-44-46-48-50-52-54-56-58-60-62-64-66-68-75(78)84-73(72-83-85(79,80)82-70-69-76)71-81-74(77)67-65-63-61-59-57-55-53-51-49-47-45-43-28-26-24-22-20-18-16-14-12-10-8-6-4-2/h5,7,11,13,16-19,22-25,28-30,32-33,35-36,38-39,41-43,73H,3-4,6,8-10,12,14-15,20-21,26-27,31,34,37,40,44-72,76H2,1-2H3,(H,79,80)/b7-5-,13-11-,18-16-,19-17-,24-22-,25-23-,30-29-,33-32-,36-35-,39-38-,42-41-,43-28-.